The molecule has 0 aliphatic heterocycles. The van der Waals surface area contributed by atoms with Gasteiger partial charge in [0.05, 0.1) is 17.2 Å². The van der Waals surface area contributed by atoms with E-state index in [4.69, 9.17) is 0 Å². The van der Waals surface area contributed by atoms with E-state index >= 15 is 0 Å². The zero-order valence-corrected chi connectivity index (χ0v) is 14.3. The molecule has 0 saturated heterocycles. The summed E-state index contributed by atoms with van der Waals surface area (Å²) in [6, 6.07) is 8.43. The predicted octanol–water partition coefficient (Wildman–Crippen LogP) is 3.36. The molecule has 1 aliphatic carbocycles. The molecule has 4 heteroatoms. The van der Waals surface area contributed by atoms with Gasteiger partial charge in [-0.2, -0.15) is 0 Å². The third-order valence-electron chi connectivity index (χ3n) is 4.42. The van der Waals surface area contributed by atoms with E-state index in [1.165, 1.54) is 16.0 Å². The number of thiazole rings is 1. The summed E-state index contributed by atoms with van der Waals surface area (Å²) in [6.45, 7) is 7.44. The molecule has 0 bridgehead atoms. The highest BCUT2D eigenvalue weighted by atomic mass is 32.1. The first-order valence-electron chi connectivity index (χ1n) is 7.84. The van der Waals surface area contributed by atoms with Crippen molar-refractivity contribution in [3.8, 4) is 0 Å². The molecule has 3 nitrogen and oxygen atoms in total. The summed E-state index contributed by atoms with van der Waals surface area (Å²) in [6.07, 6.45) is 3.94. The lowest BCUT2D eigenvalue weighted by Gasteiger charge is -2.29. The number of nitrogens with one attached hydrogen (secondary N) is 1. The van der Waals surface area contributed by atoms with Crippen LogP contribution < -0.4 is 5.32 Å². The Balaban J connectivity index is 1.77. The predicted molar refractivity (Wildman–Crippen MR) is 91.2 cm³/mol. The van der Waals surface area contributed by atoms with E-state index in [-0.39, 0.29) is 17.6 Å². The molecule has 1 aliphatic rings. The number of hydrogen-bond donors (Lipinski definition) is 2. The number of fused-ring (bicyclic) bond motifs is 1. The van der Waals surface area contributed by atoms with Crippen molar-refractivity contribution in [2.24, 2.45) is 0 Å². The molecule has 22 heavy (non-hydrogen) atoms. The number of hydrogen-bond acceptors (Lipinski definition) is 4. The molecular formula is C18H24N2OS. The van der Waals surface area contributed by atoms with Crippen LogP contribution >= 0.6 is 11.3 Å². The molecular weight excluding hydrogens is 292 g/mol. The third-order valence-corrected chi connectivity index (χ3v) is 5.84. The van der Waals surface area contributed by atoms with Gasteiger partial charge in [0.25, 0.3) is 0 Å². The Bertz CT molecular complexity index is 659. The first kappa shape index (κ1) is 15.7. The highest BCUT2D eigenvalue weighted by molar-refractivity contribution is 7.11. The first-order chi connectivity index (χ1) is 10.4. The zero-order valence-electron chi connectivity index (χ0n) is 13.5. The van der Waals surface area contributed by atoms with Crippen LogP contribution in [0.3, 0.4) is 0 Å². The maximum absolute atomic E-state index is 10.0. The lowest BCUT2D eigenvalue weighted by atomic mass is 9.92. The highest BCUT2D eigenvalue weighted by Crippen LogP contribution is 2.37. The molecule has 2 N–H and O–H groups in total. The topological polar surface area (TPSA) is 45.2 Å². The van der Waals surface area contributed by atoms with Crippen molar-refractivity contribution in [2.75, 3.05) is 6.61 Å². The fourth-order valence-electron chi connectivity index (χ4n) is 3.08. The molecule has 0 fully saturated rings. The Labute approximate surface area is 136 Å². The van der Waals surface area contributed by atoms with Crippen molar-refractivity contribution in [2.45, 2.75) is 51.1 Å². The maximum Gasteiger partial charge on any atom is 0.0981 e. The molecule has 0 radical (unpaired) electrons. The molecule has 0 unspecified atom stereocenters. The van der Waals surface area contributed by atoms with Crippen molar-refractivity contribution < 1.29 is 5.11 Å². The van der Waals surface area contributed by atoms with Crippen LogP contribution in [-0.4, -0.2) is 16.7 Å². The average molecular weight is 316 g/mol. The lowest BCUT2D eigenvalue weighted by molar-refractivity contribution is 0.159. The van der Waals surface area contributed by atoms with E-state index in [2.05, 4.69) is 55.3 Å². The van der Waals surface area contributed by atoms with E-state index in [0.717, 1.165) is 24.4 Å². The van der Waals surface area contributed by atoms with Crippen molar-refractivity contribution in [1.82, 2.24) is 10.3 Å². The summed E-state index contributed by atoms with van der Waals surface area (Å²) >= 11 is 1.76. The van der Waals surface area contributed by atoms with Gasteiger partial charge in [-0.1, -0.05) is 45.0 Å². The van der Waals surface area contributed by atoms with Crippen LogP contribution in [0.4, 0.5) is 0 Å². The Kier molecular flexibility index (Phi) is 4.10. The largest absolute Gasteiger partial charge is 0.394 e. The Morgan fingerprint density at radius 2 is 2.09 bits per heavy atom. The summed E-state index contributed by atoms with van der Waals surface area (Å²) in [4.78, 5) is 5.77. The minimum atomic E-state index is -0.303. The summed E-state index contributed by atoms with van der Waals surface area (Å²) in [5, 5.41) is 14.8. The zero-order chi connectivity index (χ0) is 15.8. The SMILES string of the molecule is CC(C)(C)c1ncc(CN[C@@]2(CO)CCc3ccccc32)s1. The van der Waals surface area contributed by atoms with Gasteiger partial charge in [0.1, 0.15) is 0 Å². The summed E-state index contributed by atoms with van der Waals surface area (Å²) in [5.74, 6) is 0. The lowest BCUT2D eigenvalue weighted by Crippen LogP contribution is -2.43. The number of aryl methyl sites for hydroxylation is 1. The highest BCUT2D eigenvalue weighted by Gasteiger charge is 2.37. The van der Waals surface area contributed by atoms with E-state index in [1.54, 1.807) is 11.3 Å². The fourth-order valence-corrected chi connectivity index (χ4v) is 3.99. The van der Waals surface area contributed by atoms with Crippen molar-refractivity contribution in [3.63, 3.8) is 0 Å². The molecule has 0 amide bonds. The Hall–Kier alpha value is -1.23. The molecule has 0 spiro atoms. The number of aromatic nitrogens is 1. The number of benzene rings is 1. The summed E-state index contributed by atoms with van der Waals surface area (Å²) in [7, 11) is 0. The van der Waals surface area contributed by atoms with Gasteiger partial charge < -0.3 is 10.4 Å². The van der Waals surface area contributed by atoms with Crippen LogP contribution in [0.2, 0.25) is 0 Å². The van der Waals surface area contributed by atoms with Crippen molar-refractivity contribution in [1.29, 1.82) is 0 Å². The number of aliphatic hydroxyl groups excluding tert-OH is 1. The monoisotopic (exact) mass is 316 g/mol. The molecule has 3 rings (SSSR count). The number of aliphatic hydroxyl groups is 1. The second kappa shape index (κ2) is 5.76. The average Bonchev–Trinajstić information content (AvgIpc) is 3.10. The molecule has 118 valence electrons. The number of rotatable bonds is 4. The van der Waals surface area contributed by atoms with Gasteiger partial charge in [-0.3, -0.25) is 0 Å². The molecule has 1 atom stereocenters. The van der Waals surface area contributed by atoms with Crippen molar-refractivity contribution in [3.05, 3.63) is 51.5 Å². The van der Waals surface area contributed by atoms with Crippen LogP contribution in [0.1, 0.15) is 48.2 Å². The molecule has 0 saturated carbocycles. The minimum Gasteiger partial charge on any atom is -0.394 e. The van der Waals surface area contributed by atoms with Crippen LogP contribution in [0, 0.1) is 0 Å². The van der Waals surface area contributed by atoms with Gasteiger partial charge in [-0.25, -0.2) is 4.98 Å². The van der Waals surface area contributed by atoms with Gasteiger partial charge in [0.15, 0.2) is 0 Å². The fraction of sp³-hybridized carbons (Fsp3) is 0.500. The van der Waals surface area contributed by atoms with Crippen molar-refractivity contribution >= 4 is 11.3 Å². The van der Waals surface area contributed by atoms with Crippen LogP contribution in [-0.2, 0) is 23.9 Å². The van der Waals surface area contributed by atoms with Gasteiger partial charge in [0.2, 0.25) is 0 Å². The Morgan fingerprint density at radius 1 is 1.32 bits per heavy atom. The maximum atomic E-state index is 10.0. The normalized spacial score (nSPS) is 21.1. The van der Waals surface area contributed by atoms with Gasteiger partial charge >= 0.3 is 0 Å². The smallest absolute Gasteiger partial charge is 0.0981 e. The van der Waals surface area contributed by atoms with Crippen LogP contribution in [0.15, 0.2) is 30.5 Å². The summed E-state index contributed by atoms with van der Waals surface area (Å²) < 4.78 is 0. The minimum absolute atomic E-state index is 0.0948. The molecule has 1 aromatic heterocycles. The molecule has 2 aromatic rings. The van der Waals surface area contributed by atoms with Gasteiger partial charge in [-0.05, 0) is 24.0 Å². The first-order valence-corrected chi connectivity index (χ1v) is 8.66. The van der Waals surface area contributed by atoms with Crippen LogP contribution in [0.5, 0.6) is 0 Å². The van der Waals surface area contributed by atoms with E-state index in [1.807, 2.05) is 6.20 Å². The summed E-state index contributed by atoms with van der Waals surface area (Å²) in [5.41, 5.74) is 2.39. The Morgan fingerprint density at radius 3 is 2.77 bits per heavy atom. The third kappa shape index (κ3) is 2.83. The number of nitrogens with zero attached hydrogens (tertiary/aromatic N) is 1. The van der Waals surface area contributed by atoms with Gasteiger partial charge in [-0.15, -0.1) is 11.3 Å². The van der Waals surface area contributed by atoms with Crippen LogP contribution in [0.25, 0.3) is 0 Å². The van der Waals surface area contributed by atoms with E-state index in [9.17, 15) is 5.11 Å². The van der Waals surface area contributed by atoms with E-state index < -0.39 is 0 Å². The second-order valence-electron chi connectivity index (χ2n) is 7.13. The van der Waals surface area contributed by atoms with E-state index in [0.29, 0.717) is 0 Å². The second-order valence-corrected chi connectivity index (χ2v) is 8.25. The standard InChI is InChI=1S/C18H24N2OS/c1-17(2,3)16-19-10-14(22-16)11-20-18(12-21)9-8-13-6-4-5-7-15(13)18/h4-7,10,20-21H,8-9,11-12H2,1-3H3/t18-/m1/s1. The molecule has 1 heterocycles. The quantitative estimate of drug-likeness (QED) is 0.909. The van der Waals surface area contributed by atoms with Gasteiger partial charge in [0, 0.05) is 23.0 Å². The molecule has 1 aromatic carbocycles.